The van der Waals surface area contributed by atoms with Crippen molar-refractivity contribution in [2.75, 3.05) is 6.61 Å². The van der Waals surface area contributed by atoms with Crippen molar-refractivity contribution in [2.24, 2.45) is 11.8 Å². The number of aromatic amines is 1. The van der Waals surface area contributed by atoms with Crippen molar-refractivity contribution >= 4 is 34.5 Å². The van der Waals surface area contributed by atoms with Gasteiger partial charge in [-0.2, -0.15) is 0 Å². The summed E-state index contributed by atoms with van der Waals surface area (Å²) < 4.78 is 5.43. The maximum absolute atomic E-state index is 13.8. The predicted molar refractivity (Wildman–Crippen MR) is 155 cm³/mol. The van der Waals surface area contributed by atoms with Gasteiger partial charge in [0.15, 0.2) is 5.78 Å². The third-order valence-corrected chi connectivity index (χ3v) is 9.15. The molecule has 5 rings (SSSR count). The highest BCUT2D eigenvalue weighted by molar-refractivity contribution is 5.98. The molecule has 1 saturated heterocycles. The molecule has 0 unspecified atom stereocenters. The molecule has 2 aliphatic carbocycles. The second-order valence-electron chi connectivity index (χ2n) is 12.6. The molecule has 3 amide bonds. The summed E-state index contributed by atoms with van der Waals surface area (Å²) in [5.41, 5.74) is 1.52. The van der Waals surface area contributed by atoms with Crippen LogP contribution in [0.2, 0.25) is 0 Å². The number of hydrogen-bond acceptors (Lipinski definition) is 7. The summed E-state index contributed by atoms with van der Waals surface area (Å²) in [6.45, 7) is 3.68. The fourth-order valence-electron chi connectivity index (χ4n) is 6.29. The predicted octanol–water partition coefficient (Wildman–Crippen LogP) is 2.07. The van der Waals surface area contributed by atoms with Crippen LogP contribution >= 0.6 is 0 Å². The summed E-state index contributed by atoms with van der Waals surface area (Å²) in [6.07, 6.45) is 8.50. The Balaban J connectivity index is 1.29. The number of amides is 3. The van der Waals surface area contributed by atoms with Crippen molar-refractivity contribution in [3.8, 4) is 0 Å². The number of imidazole rings is 1. The van der Waals surface area contributed by atoms with E-state index in [-0.39, 0.29) is 30.1 Å². The number of aliphatic hydroxyl groups is 1. The van der Waals surface area contributed by atoms with Gasteiger partial charge in [0.05, 0.1) is 36.1 Å². The first-order chi connectivity index (χ1) is 20.1. The number of aliphatic hydroxyl groups excluding tert-OH is 1. The zero-order chi connectivity index (χ0) is 29.9. The second kappa shape index (κ2) is 12.9. The van der Waals surface area contributed by atoms with Gasteiger partial charge >= 0.3 is 0 Å². The van der Waals surface area contributed by atoms with E-state index in [1.807, 2.05) is 18.2 Å². The molecule has 2 heterocycles. The quantitative estimate of drug-likeness (QED) is 0.239. The Bertz CT molecular complexity index is 1290. The minimum atomic E-state index is -0.978. The molecule has 5 N–H and O–H groups in total. The number of hydrogen-bond donors (Lipinski definition) is 5. The average molecular weight is 582 g/mol. The molecule has 3 aliphatic rings. The smallest absolute Gasteiger partial charge is 0.243 e. The molecule has 228 valence electrons. The number of nitrogens with one attached hydrogen (secondary N) is 4. The van der Waals surface area contributed by atoms with Gasteiger partial charge in [-0.25, -0.2) is 4.98 Å². The molecule has 11 nitrogen and oxygen atoms in total. The van der Waals surface area contributed by atoms with Gasteiger partial charge < -0.3 is 30.8 Å². The van der Waals surface area contributed by atoms with Crippen LogP contribution in [0.4, 0.5) is 0 Å². The van der Waals surface area contributed by atoms with E-state index >= 15 is 0 Å². The van der Waals surface area contributed by atoms with Gasteiger partial charge in [-0.15, -0.1) is 0 Å². The Kier molecular flexibility index (Phi) is 9.27. The maximum Gasteiger partial charge on any atom is 0.243 e. The number of Topliss-reactive ketones (excluding diaryl/α,β-unsaturated/α-hetero) is 1. The summed E-state index contributed by atoms with van der Waals surface area (Å²) in [6, 6.07) is 3.04. The first-order valence-electron chi connectivity index (χ1n) is 15.3. The summed E-state index contributed by atoms with van der Waals surface area (Å²) in [4.78, 5) is 60.6. The lowest BCUT2D eigenvalue weighted by Crippen LogP contribution is -2.57. The number of fused-ring (bicyclic) bond motifs is 1. The summed E-state index contributed by atoms with van der Waals surface area (Å²) in [5.74, 6) is -1.20. The number of carbonyl (C=O) groups excluding carboxylic acids is 4. The second-order valence-corrected chi connectivity index (χ2v) is 12.6. The largest absolute Gasteiger partial charge is 0.393 e. The van der Waals surface area contributed by atoms with Crippen molar-refractivity contribution in [3.05, 3.63) is 30.1 Å². The van der Waals surface area contributed by atoms with Gasteiger partial charge in [-0.3, -0.25) is 19.2 Å². The lowest BCUT2D eigenvalue weighted by atomic mass is 9.87. The number of benzene rings is 1. The minimum absolute atomic E-state index is 0.134. The molecule has 42 heavy (non-hydrogen) atoms. The van der Waals surface area contributed by atoms with E-state index in [0.717, 1.165) is 42.3 Å². The van der Waals surface area contributed by atoms with Crippen molar-refractivity contribution in [1.29, 1.82) is 0 Å². The monoisotopic (exact) mass is 581 g/mol. The number of H-pyrrole nitrogens is 1. The number of ketones is 1. The molecule has 1 aliphatic heterocycles. The van der Waals surface area contributed by atoms with E-state index in [0.29, 0.717) is 44.6 Å². The highest BCUT2D eigenvalue weighted by atomic mass is 16.6. The summed E-state index contributed by atoms with van der Waals surface area (Å²) in [7, 11) is 0. The number of epoxide rings is 1. The molecule has 0 bridgehead atoms. The van der Waals surface area contributed by atoms with Crippen LogP contribution in [0.25, 0.3) is 11.0 Å². The Hall–Kier alpha value is -3.31. The summed E-state index contributed by atoms with van der Waals surface area (Å²) >= 11 is 0. The van der Waals surface area contributed by atoms with Crippen molar-refractivity contribution in [1.82, 2.24) is 25.9 Å². The maximum atomic E-state index is 13.8. The highest BCUT2D eigenvalue weighted by Crippen LogP contribution is 2.33. The van der Waals surface area contributed by atoms with Crippen LogP contribution in [0.5, 0.6) is 0 Å². The zero-order valence-corrected chi connectivity index (χ0v) is 24.5. The van der Waals surface area contributed by atoms with E-state index < -0.39 is 35.5 Å². The highest BCUT2D eigenvalue weighted by Gasteiger charge is 2.50. The number of aromatic nitrogens is 2. The van der Waals surface area contributed by atoms with Crippen LogP contribution < -0.4 is 16.0 Å². The molecular formula is C31H43N5O6. The Morgan fingerprint density at radius 3 is 2.40 bits per heavy atom. The minimum Gasteiger partial charge on any atom is -0.393 e. The van der Waals surface area contributed by atoms with Crippen LogP contribution in [-0.4, -0.2) is 75.0 Å². The van der Waals surface area contributed by atoms with Crippen molar-refractivity contribution in [2.45, 2.75) is 108 Å². The third kappa shape index (κ3) is 7.36. The molecule has 1 aromatic carbocycles. The third-order valence-electron chi connectivity index (χ3n) is 9.15. The van der Waals surface area contributed by atoms with E-state index in [4.69, 9.17) is 4.74 Å². The topological polar surface area (TPSA) is 166 Å². The van der Waals surface area contributed by atoms with Gasteiger partial charge in [0.25, 0.3) is 0 Å². The average Bonchev–Trinajstić information content (AvgIpc) is 3.32. The van der Waals surface area contributed by atoms with Crippen LogP contribution in [0.15, 0.2) is 24.5 Å². The molecule has 11 heteroatoms. The SMILES string of the molecule is C[C@@H](NC(=O)C1CCC(O)CC1)C(=O)N[C@@H](Cc1ccc2nc[nH]c2c1)C(=O)N[C@@H](CC1CCCC1)C(=O)[C@@]1(C)CO1. The van der Waals surface area contributed by atoms with Crippen LogP contribution in [0, 0.1) is 11.8 Å². The lowest BCUT2D eigenvalue weighted by Gasteiger charge is -2.28. The Labute approximate surface area is 245 Å². The van der Waals surface area contributed by atoms with E-state index in [2.05, 4.69) is 25.9 Å². The van der Waals surface area contributed by atoms with E-state index in [1.165, 1.54) is 0 Å². The van der Waals surface area contributed by atoms with Gasteiger partial charge in [0.1, 0.15) is 17.7 Å². The van der Waals surface area contributed by atoms with Gasteiger partial charge in [0, 0.05) is 12.3 Å². The van der Waals surface area contributed by atoms with Crippen molar-refractivity contribution < 1.29 is 29.0 Å². The van der Waals surface area contributed by atoms with Gasteiger partial charge in [0.2, 0.25) is 17.7 Å². The molecular weight excluding hydrogens is 538 g/mol. The number of ether oxygens (including phenoxy) is 1. The molecule has 1 aromatic heterocycles. The Morgan fingerprint density at radius 1 is 1.02 bits per heavy atom. The first kappa shape index (κ1) is 30.2. The number of rotatable bonds is 12. The van der Waals surface area contributed by atoms with Crippen LogP contribution in [0.1, 0.15) is 77.2 Å². The van der Waals surface area contributed by atoms with E-state index in [9.17, 15) is 24.3 Å². The molecule has 3 fully saturated rings. The van der Waals surface area contributed by atoms with Gasteiger partial charge in [-0.1, -0.05) is 31.7 Å². The van der Waals surface area contributed by atoms with Crippen molar-refractivity contribution in [3.63, 3.8) is 0 Å². The summed E-state index contributed by atoms with van der Waals surface area (Å²) in [5, 5.41) is 18.3. The molecule has 0 spiro atoms. The lowest BCUT2D eigenvalue weighted by molar-refractivity contribution is -0.135. The number of carbonyl (C=O) groups is 4. The zero-order valence-electron chi connectivity index (χ0n) is 24.5. The fraction of sp³-hybridized carbons (Fsp3) is 0.645. The fourth-order valence-corrected chi connectivity index (χ4v) is 6.29. The molecule has 4 atom stereocenters. The first-order valence-corrected chi connectivity index (χ1v) is 15.3. The van der Waals surface area contributed by atoms with Gasteiger partial charge in [-0.05, 0) is 69.6 Å². The van der Waals surface area contributed by atoms with Crippen LogP contribution in [0.3, 0.4) is 0 Å². The standard InChI is InChI=1S/C31H43N5O6/c1-18(34-29(40)21-8-10-22(37)11-9-21)28(39)36-26(15-20-7-12-23-24(14-20)33-17-32-23)30(41)35-25(13-19-5-3-4-6-19)27(38)31(2)16-42-31/h7,12,14,17-19,21-22,25-26,37H,3-6,8-11,13,15-16H2,1-2H3,(H,32,33)(H,34,40)(H,35,41)(H,36,39)/t18-,21?,22?,25+,26+,31-/m1/s1. The molecule has 2 saturated carbocycles. The normalized spacial score (nSPS) is 26.3. The molecule has 0 radical (unpaired) electrons. The number of nitrogens with zero attached hydrogens (tertiary/aromatic N) is 1. The molecule has 2 aromatic rings. The Morgan fingerprint density at radius 2 is 1.71 bits per heavy atom. The van der Waals surface area contributed by atoms with E-state index in [1.54, 1.807) is 20.2 Å². The van der Waals surface area contributed by atoms with Crippen LogP contribution in [-0.2, 0) is 30.3 Å².